The summed E-state index contributed by atoms with van der Waals surface area (Å²) in [6, 6.07) is 11.4. The molecule has 0 aliphatic heterocycles. The molecule has 0 saturated carbocycles. The second kappa shape index (κ2) is 6.63. The van der Waals surface area contributed by atoms with Gasteiger partial charge in [-0.2, -0.15) is 0 Å². The summed E-state index contributed by atoms with van der Waals surface area (Å²) in [5.74, 6) is 0.433. The number of thioether (sulfide) groups is 1. The third-order valence-corrected chi connectivity index (χ3v) is 3.85. The van der Waals surface area contributed by atoms with Gasteiger partial charge in [0.05, 0.1) is 13.2 Å². The second-order valence-electron chi connectivity index (χ2n) is 4.16. The number of benzene rings is 1. The SMILES string of the molecule is CNC(c1ccc(C(=O)OC)o1)c1ccccc1SC. The molecule has 1 N–H and O–H groups in total. The second-order valence-corrected chi connectivity index (χ2v) is 5.01. The van der Waals surface area contributed by atoms with Crippen molar-refractivity contribution in [3.8, 4) is 0 Å². The summed E-state index contributed by atoms with van der Waals surface area (Å²) in [7, 11) is 3.20. The highest BCUT2D eigenvalue weighted by atomic mass is 32.2. The first-order chi connectivity index (χ1) is 9.71. The van der Waals surface area contributed by atoms with Crippen molar-refractivity contribution < 1.29 is 13.9 Å². The van der Waals surface area contributed by atoms with Crippen LogP contribution in [0.5, 0.6) is 0 Å². The molecule has 20 heavy (non-hydrogen) atoms. The molecule has 0 aliphatic carbocycles. The molecule has 1 aromatic carbocycles. The lowest BCUT2D eigenvalue weighted by Gasteiger charge is -2.17. The lowest BCUT2D eigenvalue weighted by Crippen LogP contribution is -2.17. The first-order valence-electron chi connectivity index (χ1n) is 6.19. The smallest absolute Gasteiger partial charge is 0.373 e. The Labute approximate surface area is 122 Å². The molecule has 1 unspecified atom stereocenters. The number of ether oxygens (including phenoxy) is 1. The lowest BCUT2D eigenvalue weighted by atomic mass is 10.0. The van der Waals surface area contributed by atoms with Crippen molar-refractivity contribution in [1.29, 1.82) is 0 Å². The van der Waals surface area contributed by atoms with Crippen molar-refractivity contribution in [1.82, 2.24) is 5.32 Å². The van der Waals surface area contributed by atoms with E-state index in [1.807, 2.05) is 31.5 Å². The number of esters is 1. The number of hydrogen-bond donors (Lipinski definition) is 1. The van der Waals surface area contributed by atoms with E-state index in [2.05, 4.69) is 16.1 Å². The molecule has 5 heteroatoms. The first-order valence-corrected chi connectivity index (χ1v) is 7.42. The summed E-state index contributed by atoms with van der Waals surface area (Å²) >= 11 is 1.68. The summed E-state index contributed by atoms with van der Waals surface area (Å²) in [5, 5.41) is 3.22. The third-order valence-electron chi connectivity index (χ3n) is 3.04. The van der Waals surface area contributed by atoms with Crippen LogP contribution in [0.3, 0.4) is 0 Å². The van der Waals surface area contributed by atoms with Crippen LogP contribution < -0.4 is 5.32 Å². The predicted molar refractivity (Wildman–Crippen MR) is 79.2 cm³/mol. The maximum atomic E-state index is 11.5. The third kappa shape index (κ3) is 2.89. The van der Waals surface area contributed by atoms with Crippen molar-refractivity contribution >= 4 is 17.7 Å². The van der Waals surface area contributed by atoms with Crippen molar-refractivity contribution in [3.63, 3.8) is 0 Å². The van der Waals surface area contributed by atoms with Gasteiger partial charge < -0.3 is 14.5 Å². The minimum absolute atomic E-state index is 0.0999. The molecule has 0 amide bonds. The molecule has 1 atom stereocenters. The molecule has 2 rings (SSSR count). The van der Waals surface area contributed by atoms with Gasteiger partial charge in [-0.3, -0.25) is 0 Å². The topological polar surface area (TPSA) is 51.5 Å². The van der Waals surface area contributed by atoms with Gasteiger partial charge in [0.25, 0.3) is 0 Å². The van der Waals surface area contributed by atoms with Crippen LogP contribution in [0.25, 0.3) is 0 Å². The molecule has 0 radical (unpaired) electrons. The van der Waals surface area contributed by atoms with Gasteiger partial charge >= 0.3 is 5.97 Å². The molecule has 0 spiro atoms. The van der Waals surface area contributed by atoms with E-state index in [4.69, 9.17) is 4.42 Å². The Morgan fingerprint density at radius 2 is 2.05 bits per heavy atom. The molecule has 0 aliphatic rings. The van der Waals surface area contributed by atoms with E-state index in [9.17, 15) is 4.79 Å². The summed E-state index contributed by atoms with van der Waals surface area (Å²) in [5.41, 5.74) is 1.12. The minimum atomic E-state index is -0.468. The summed E-state index contributed by atoms with van der Waals surface area (Å²) in [6.07, 6.45) is 2.04. The number of hydrogen-bond acceptors (Lipinski definition) is 5. The Kier molecular flexibility index (Phi) is 4.87. The number of rotatable bonds is 5. The zero-order valence-corrected chi connectivity index (χ0v) is 12.5. The summed E-state index contributed by atoms with van der Waals surface area (Å²) in [4.78, 5) is 12.6. The monoisotopic (exact) mass is 291 g/mol. The summed E-state index contributed by atoms with van der Waals surface area (Å²) in [6.45, 7) is 0. The molecule has 1 heterocycles. The number of carbonyl (C=O) groups excluding carboxylic acids is 1. The number of methoxy groups -OCH3 is 1. The Morgan fingerprint density at radius 1 is 1.30 bits per heavy atom. The maximum absolute atomic E-state index is 11.5. The number of furan rings is 1. The van der Waals surface area contributed by atoms with E-state index < -0.39 is 5.97 Å². The average molecular weight is 291 g/mol. The highest BCUT2D eigenvalue weighted by Gasteiger charge is 2.20. The van der Waals surface area contributed by atoms with Crippen LogP contribution in [0, 0.1) is 0 Å². The van der Waals surface area contributed by atoms with E-state index in [0.29, 0.717) is 5.76 Å². The Morgan fingerprint density at radius 3 is 2.70 bits per heavy atom. The highest BCUT2D eigenvalue weighted by Crippen LogP contribution is 2.30. The lowest BCUT2D eigenvalue weighted by molar-refractivity contribution is 0.0562. The molecular formula is C15H17NO3S. The van der Waals surface area contributed by atoms with Gasteiger partial charge in [-0.15, -0.1) is 11.8 Å². The van der Waals surface area contributed by atoms with E-state index in [0.717, 1.165) is 5.56 Å². The van der Waals surface area contributed by atoms with Gasteiger partial charge in [-0.25, -0.2) is 4.79 Å². The van der Waals surface area contributed by atoms with E-state index in [1.165, 1.54) is 12.0 Å². The zero-order valence-electron chi connectivity index (χ0n) is 11.7. The van der Waals surface area contributed by atoms with Crippen molar-refractivity contribution in [2.75, 3.05) is 20.4 Å². The first kappa shape index (κ1) is 14.7. The number of nitrogens with one attached hydrogen (secondary N) is 1. The van der Waals surface area contributed by atoms with Crippen LogP contribution in [0.2, 0.25) is 0 Å². The molecule has 0 fully saturated rings. The van der Waals surface area contributed by atoms with Crippen LogP contribution in [-0.2, 0) is 4.74 Å². The van der Waals surface area contributed by atoms with Crippen LogP contribution in [0.4, 0.5) is 0 Å². The van der Waals surface area contributed by atoms with Crippen molar-refractivity contribution in [3.05, 3.63) is 53.5 Å². The van der Waals surface area contributed by atoms with Gasteiger partial charge in [-0.05, 0) is 37.1 Å². The summed E-state index contributed by atoms with van der Waals surface area (Å²) < 4.78 is 10.3. The maximum Gasteiger partial charge on any atom is 0.373 e. The Bertz CT molecular complexity index is 594. The standard InChI is InChI=1S/C15H17NO3S/c1-16-14(10-6-4-5-7-13(10)20-3)11-8-9-12(19-11)15(17)18-2/h4-9,14,16H,1-3H3. The largest absolute Gasteiger partial charge is 0.463 e. The molecule has 1 aromatic heterocycles. The van der Waals surface area contributed by atoms with Crippen LogP contribution in [0.15, 0.2) is 45.7 Å². The average Bonchev–Trinajstić information content (AvgIpc) is 2.97. The van der Waals surface area contributed by atoms with Crippen molar-refractivity contribution in [2.24, 2.45) is 0 Å². The van der Waals surface area contributed by atoms with E-state index in [-0.39, 0.29) is 11.8 Å². The van der Waals surface area contributed by atoms with E-state index >= 15 is 0 Å². The minimum Gasteiger partial charge on any atom is -0.463 e. The molecule has 2 aromatic rings. The van der Waals surface area contributed by atoms with Crippen molar-refractivity contribution in [2.45, 2.75) is 10.9 Å². The fourth-order valence-corrected chi connectivity index (χ4v) is 2.71. The fourth-order valence-electron chi connectivity index (χ4n) is 2.07. The van der Waals surface area contributed by atoms with Gasteiger partial charge in [0.2, 0.25) is 5.76 Å². The normalized spacial score (nSPS) is 12.2. The van der Waals surface area contributed by atoms with Gasteiger partial charge in [0.1, 0.15) is 5.76 Å². The fraction of sp³-hybridized carbons (Fsp3) is 0.267. The highest BCUT2D eigenvalue weighted by molar-refractivity contribution is 7.98. The molecule has 106 valence electrons. The molecule has 0 saturated heterocycles. The zero-order chi connectivity index (χ0) is 14.5. The van der Waals surface area contributed by atoms with Gasteiger partial charge in [0.15, 0.2) is 0 Å². The number of carbonyl (C=O) groups is 1. The molecule has 4 nitrogen and oxygen atoms in total. The quantitative estimate of drug-likeness (QED) is 0.677. The molecule has 0 bridgehead atoms. The Hall–Kier alpha value is -1.72. The predicted octanol–water partition coefficient (Wildman–Crippen LogP) is 3.10. The molecular weight excluding hydrogens is 274 g/mol. The van der Waals surface area contributed by atoms with Crippen LogP contribution in [0.1, 0.15) is 27.9 Å². The van der Waals surface area contributed by atoms with Crippen LogP contribution >= 0.6 is 11.8 Å². The van der Waals surface area contributed by atoms with E-state index in [1.54, 1.807) is 23.9 Å². The van der Waals surface area contributed by atoms with Crippen LogP contribution in [-0.4, -0.2) is 26.4 Å². The van der Waals surface area contributed by atoms with Gasteiger partial charge in [0, 0.05) is 4.90 Å². The Balaban J connectivity index is 2.37. The van der Waals surface area contributed by atoms with Gasteiger partial charge in [-0.1, -0.05) is 18.2 Å².